The highest BCUT2D eigenvalue weighted by molar-refractivity contribution is 9.10. The van der Waals surface area contributed by atoms with Crippen LogP contribution < -0.4 is 0 Å². The lowest BCUT2D eigenvalue weighted by Gasteiger charge is -2.27. The van der Waals surface area contributed by atoms with Crippen LogP contribution in [0.5, 0.6) is 0 Å². The van der Waals surface area contributed by atoms with Crippen LogP contribution in [0, 0.1) is 5.82 Å². The molecule has 2 aliphatic rings. The lowest BCUT2D eigenvalue weighted by atomic mass is 10.2. The van der Waals surface area contributed by atoms with E-state index in [4.69, 9.17) is 9.47 Å². The average molecular weight is 369 g/mol. The van der Waals surface area contributed by atoms with Gasteiger partial charge in [0.05, 0.1) is 22.1 Å². The van der Waals surface area contributed by atoms with Gasteiger partial charge < -0.3 is 9.47 Å². The van der Waals surface area contributed by atoms with E-state index in [1.54, 1.807) is 6.07 Å². The standard InChI is InChI=1S/C16H18BrFN2O2/c17-12-7-11-9-20(19-14(11)8-13(12)18)10-16(4-5-16)22-15-3-1-2-6-21-15/h7-9,15H,1-6,10H2. The molecular weight excluding hydrogens is 351 g/mol. The second kappa shape index (κ2) is 5.58. The summed E-state index contributed by atoms with van der Waals surface area (Å²) in [6, 6.07) is 3.22. The third-order valence-electron chi connectivity index (χ3n) is 4.37. The largest absolute Gasteiger partial charge is 0.353 e. The summed E-state index contributed by atoms with van der Waals surface area (Å²) in [7, 11) is 0. The van der Waals surface area contributed by atoms with Crippen LogP contribution in [-0.2, 0) is 16.0 Å². The van der Waals surface area contributed by atoms with Crippen molar-refractivity contribution in [2.45, 2.75) is 50.5 Å². The first kappa shape index (κ1) is 14.6. The Morgan fingerprint density at radius 3 is 3.00 bits per heavy atom. The maximum atomic E-state index is 13.6. The first-order chi connectivity index (χ1) is 10.6. The van der Waals surface area contributed by atoms with Gasteiger partial charge in [-0.3, -0.25) is 4.68 Å². The molecule has 1 aliphatic heterocycles. The number of hydrogen-bond acceptors (Lipinski definition) is 3. The van der Waals surface area contributed by atoms with Gasteiger partial charge in [-0.1, -0.05) is 0 Å². The molecule has 0 N–H and O–H groups in total. The summed E-state index contributed by atoms with van der Waals surface area (Å²) in [6.45, 7) is 1.49. The minimum atomic E-state index is -0.286. The van der Waals surface area contributed by atoms with Gasteiger partial charge in [0, 0.05) is 24.3 Å². The Morgan fingerprint density at radius 2 is 2.27 bits per heavy atom. The van der Waals surface area contributed by atoms with Crippen LogP contribution in [0.25, 0.3) is 10.9 Å². The summed E-state index contributed by atoms with van der Waals surface area (Å²) in [5.74, 6) is -0.286. The van der Waals surface area contributed by atoms with E-state index in [1.165, 1.54) is 12.5 Å². The molecule has 0 spiro atoms. The summed E-state index contributed by atoms with van der Waals surface area (Å²) < 4.78 is 27.8. The first-order valence-corrected chi connectivity index (χ1v) is 8.55. The molecule has 2 heterocycles. The van der Waals surface area contributed by atoms with Gasteiger partial charge in [-0.25, -0.2) is 4.39 Å². The van der Waals surface area contributed by atoms with Gasteiger partial charge in [-0.05, 0) is 54.1 Å². The van der Waals surface area contributed by atoms with E-state index in [0.29, 0.717) is 16.5 Å². The highest BCUT2D eigenvalue weighted by Crippen LogP contribution is 2.43. The summed E-state index contributed by atoms with van der Waals surface area (Å²) in [6.07, 6.45) is 7.19. The SMILES string of the molecule is Fc1cc2nn(CC3(OC4CCCCO4)CC3)cc2cc1Br. The van der Waals surface area contributed by atoms with Crippen molar-refractivity contribution in [1.29, 1.82) is 0 Å². The van der Waals surface area contributed by atoms with Crippen LogP contribution in [0.4, 0.5) is 4.39 Å². The van der Waals surface area contributed by atoms with E-state index in [9.17, 15) is 4.39 Å². The molecule has 0 radical (unpaired) electrons. The molecule has 6 heteroatoms. The molecule has 1 aromatic carbocycles. The maximum absolute atomic E-state index is 13.6. The van der Waals surface area contributed by atoms with Crippen LogP contribution >= 0.6 is 15.9 Å². The predicted octanol–water partition coefficient (Wildman–Crippen LogP) is 4.01. The second-order valence-corrected chi connectivity index (χ2v) is 7.10. The number of aromatic nitrogens is 2. The number of fused-ring (bicyclic) bond motifs is 1. The minimum Gasteiger partial charge on any atom is -0.353 e. The minimum absolute atomic E-state index is 0.0761. The maximum Gasteiger partial charge on any atom is 0.158 e. The fraction of sp³-hybridized carbons (Fsp3) is 0.562. The van der Waals surface area contributed by atoms with Gasteiger partial charge in [0.25, 0.3) is 0 Å². The van der Waals surface area contributed by atoms with Crippen molar-refractivity contribution in [3.05, 3.63) is 28.6 Å². The third-order valence-corrected chi connectivity index (χ3v) is 4.98. The smallest absolute Gasteiger partial charge is 0.158 e. The van der Waals surface area contributed by atoms with Crippen molar-refractivity contribution >= 4 is 26.8 Å². The molecule has 0 bridgehead atoms. The first-order valence-electron chi connectivity index (χ1n) is 7.75. The Hall–Kier alpha value is -0.980. The molecular formula is C16H18BrFN2O2. The zero-order valence-electron chi connectivity index (χ0n) is 12.2. The van der Waals surface area contributed by atoms with Crippen LogP contribution in [0.3, 0.4) is 0 Å². The zero-order valence-corrected chi connectivity index (χ0v) is 13.8. The molecule has 2 fully saturated rings. The van der Waals surface area contributed by atoms with Gasteiger partial charge in [-0.15, -0.1) is 0 Å². The molecule has 118 valence electrons. The summed E-state index contributed by atoms with van der Waals surface area (Å²) in [4.78, 5) is 0. The van der Waals surface area contributed by atoms with E-state index in [1.807, 2.05) is 10.9 Å². The second-order valence-electron chi connectivity index (χ2n) is 6.25. The highest BCUT2D eigenvalue weighted by Gasteiger charge is 2.47. The molecule has 1 unspecified atom stereocenters. The van der Waals surface area contributed by atoms with Crippen molar-refractivity contribution in [3.8, 4) is 0 Å². The van der Waals surface area contributed by atoms with Gasteiger partial charge in [0.15, 0.2) is 6.29 Å². The molecule has 2 aromatic rings. The average Bonchev–Trinajstić information content (AvgIpc) is 3.13. The molecule has 22 heavy (non-hydrogen) atoms. The molecule has 0 amide bonds. The molecule has 1 saturated heterocycles. The quantitative estimate of drug-likeness (QED) is 0.817. The van der Waals surface area contributed by atoms with Gasteiger partial charge >= 0.3 is 0 Å². The van der Waals surface area contributed by atoms with Gasteiger partial charge in [0.1, 0.15) is 5.82 Å². The lowest BCUT2D eigenvalue weighted by molar-refractivity contribution is -0.200. The molecule has 1 saturated carbocycles. The number of ether oxygens (including phenoxy) is 2. The highest BCUT2D eigenvalue weighted by atomic mass is 79.9. The van der Waals surface area contributed by atoms with E-state index in [-0.39, 0.29) is 17.7 Å². The van der Waals surface area contributed by atoms with Crippen LogP contribution in [0.15, 0.2) is 22.8 Å². The molecule has 1 atom stereocenters. The summed E-state index contributed by atoms with van der Waals surface area (Å²) in [5, 5.41) is 5.40. The number of benzene rings is 1. The van der Waals surface area contributed by atoms with Crippen LogP contribution in [0.2, 0.25) is 0 Å². The van der Waals surface area contributed by atoms with E-state index in [0.717, 1.165) is 37.7 Å². The fourth-order valence-electron chi connectivity index (χ4n) is 2.98. The summed E-state index contributed by atoms with van der Waals surface area (Å²) >= 11 is 3.21. The normalized spacial score (nSPS) is 23.8. The number of nitrogens with zero attached hydrogens (tertiary/aromatic N) is 2. The Kier molecular flexibility index (Phi) is 3.71. The van der Waals surface area contributed by atoms with Gasteiger partial charge in [0.2, 0.25) is 0 Å². The van der Waals surface area contributed by atoms with Crippen molar-refractivity contribution < 1.29 is 13.9 Å². The van der Waals surface area contributed by atoms with Crippen molar-refractivity contribution in [2.24, 2.45) is 0 Å². The molecule has 1 aromatic heterocycles. The van der Waals surface area contributed by atoms with E-state index >= 15 is 0 Å². The Balaban J connectivity index is 1.50. The Bertz CT molecular complexity index is 654. The van der Waals surface area contributed by atoms with Crippen molar-refractivity contribution in [2.75, 3.05) is 6.61 Å². The third kappa shape index (κ3) is 2.92. The number of halogens is 2. The van der Waals surface area contributed by atoms with Crippen molar-refractivity contribution in [1.82, 2.24) is 9.78 Å². The molecule has 4 rings (SSSR count). The Morgan fingerprint density at radius 1 is 1.41 bits per heavy atom. The van der Waals surface area contributed by atoms with Crippen molar-refractivity contribution in [3.63, 3.8) is 0 Å². The van der Waals surface area contributed by atoms with E-state index in [2.05, 4.69) is 21.0 Å². The molecule has 1 aliphatic carbocycles. The lowest BCUT2D eigenvalue weighted by Crippen LogP contribution is -2.32. The van der Waals surface area contributed by atoms with Crippen LogP contribution in [0.1, 0.15) is 32.1 Å². The summed E-state index contributed by atoms with van der Waals surface area (Å²) in [5.41, 5.74) is 0.519. The Labute approximate surface area is 136 Å². The fourth-order valence-corrected chi connectivity index (χ4v) is 3.34. The topological polar surface area (TPSA) is 36.3 Å². The number of rotatable bonds is 4. The van der Waals surface area contributed by atoms with Gasteiger partial charge in [-0.2, -0.15) is 5.10 Å². The van der Waals surface area contributed by atoms with Crippen LogP contribution in [-0.4, -0.2) is 28.3 Å². The molecule has 4 nitrogen and oxygen atoms in total. The van der Waals surface area contributed by atoms with E-state index < -0.39 is 0 Å². The monoisotopic (exact) mass is 368 g/mol. The number of hydrogen-bond donors (Lipinski definition) is 0. The predicted molar refractivity (Wildman–Crippen MR) is 84.0 cm³/mol. The zero-order chi connectivity index (χ0) is 15.2.